The number of ether oxygens (including phenoxy) is 1. The molecule has 0 saturated heterocycles. The summed E-state index contributed by atoms with van der Waals surface area (Å²) in [7, 11) is 0. The number of esters is 1. The molecule has 6 heteroatoms. The van der Waals surface area contributed by atoms with Crippen molar-refractivity contribution in [3.63, 3.8) is 0 Å². The van der Waals surface area contributed by atoms with Crippen LogP contribution < -0.4 is 5.32 Å². The monoisotopic (exact) mass is 944 g/mol. The van der Waals surface area contributed by atoms with Crippen LogP contribution in [0.25, 0.3) is 0 Å². The summed E-state index contributed by atoms with van der Waals surface area (Å²) in [5.74, 6) is -0.0866. The highest BCUT2D eigenvalue weighted by molar-refractivity contribution is 5.76. The number of aliphatic hydroxyl groups is 2. The van der Waals surface area contributed by atoms with Crippen LogP contribution in [0, 0.1) is 0 Å². The number of allylic oxidation sites excluding steroid dienone is 3. The van der Waals surface area contributed by atoms with Crippen LogP contribution in [-0.4, -0.2) is 47.4 Å². The van der Waals surface area contributed by atoms with E-state index in [9.17, 15) is 19.8 Å². The van der Waals surface area contributed by atoms with E-state index < -0.39 is 12.1 Å². The van der Waals surface area contributed by atoms with Crippen molar-refractivity contribution >= 4 is 11.9 Å². The molecule has 0 fully saturated rings. The molecule has 0 aliphatic heterocycles. The zero-order valence-corrected chi connectivity index (χ0v) is 45.1. The molecule has 0 aliphatic rings. The van der Waals surface area contributed by atoms with Gasteiger partial charge in [-0.15, -0.1) is 0 Å². The highest BCUT2D eigenvalue weighted by Crippen LogP contribution is 2.17. The maximum Gasteiger partial charge on any atom is 0.305 e. The highest BCUT2D eigenvalue weighted by Gasteiger charge is 2.18. The molecule has 0 rings (SSSR count). The molecule has 0 saturated carbocycles. The Morgan fingerprint density at radius 1 is 0.403 bits per heavy atom. The number of aliphatic hydroxyl groups excluding tert-OH is 2. The Morgan fingerprint density at radius 2 is 0.701 bits per heavy atom. The fourth-order valence-electron chi connectivity index (χ4n) is 9.34. The number of unbranched alkanes of at least 4 members (excludes halogenated alkanes) is 43. The molecule has 0 aromatic carbocycles. The molecule has 0 spiro atoms. The van der Waals surface area contributed by atoms with Gasteiger partial charge in [0.05, 0.1) is 25.4 Å². The second kappa shape index (κ2) is 56.9. The van der Waals surface area contributed by atoms with Gasteiger partial charge in [0.1, 0.15) is 0 Å². The summed E-state index contributed by atoms with van der Waals surface area (Å²) < 4.78 is 5.47. The number of nitrogens with one attached hydrogen (secondary N) is 1. The molecular formula is C61H117NO5. The van der Waals surface area contributed by atoms with Gasteiger partial charge in [-0.25, -0.2) is 0 Å². The molecule has 0 heterocycles. The predicted octanol–water partition coefficient (Wildman–Crippen LogP) is 18.6. The SMILES string of the molecule is CCCCCCCC/C=C\CCCCCCCC(=O)OCCCCCCCCCCCCCCCCC(=O)NC(CO)C(O)/C=C/CCCCCCCCCCCCCCCCCCCCC. The normalized spacial score (nSPS) is 12.7. The maximum atomic E-state index is 12.5. The number of carbonyl (C=O) groups is 2. The first kappa shape index (κ1) is 65.3. The van der Waals surface area contributed by atoms with Gasteiger partial charge in [-0.05, 0) is 57.8 Å². The van der Waals surface area contributed by atoms with Crippen molar-refractivity contribution in [3.8, 4) is 0 Å². The quantitative estimate of drug-likeness (QED) is 0.0321. The van der Waals surface area contributed by atoms with Crippen LogP contribution in [-0.2, 0) is 14.3 Å². The van der Waals surface area contributed by atoms with E-state index in [0.717, 1.165) is 57.8 Å². The minimum atomic E-state index is -0.852. The van der Waals surface area contributed by atoms with Gasteiger partial charge in [-0.1, -0.05) is 282 Å². The van der Waals surface area contributed by atoms with Gasteiger partial charge in [0.25, 0.3) is 0 Å². The molecule has 396 valence electrons. The van der Waals surface area contributed by atoms with Crippen LogP contribution in [0.3, 0.4) is 0 Å². The van der Waals surface area contributed by atoms with Crippen LogP contribution in [0.15, 0.2) is 24.3 Å². The zero-order chi connectivity index (χ0) is 48.6. The molecule has 0 aromatic heterocycles. The fraction of sp³-hybridized carbons (Fsp3) is 0.902. The van der Waals surface area contributed by atoms with Crippen LogP contribution in [0.4, 0.5) is 0 Å². The second-order valence-electron chi connectivity index (χ2n) is 20.7. The molecule has 0 bridgehead atoms. The van der Waals surface area contributed by atoms with Crippen molar-refractivity contribution in [2.75, 3.05) is 13.2 Å². The topological polar surface area (TPSA) is 95.9 Å². The molecule has 2 unspecified atom stereocenters. The van der Waals surface area contributed by atoms with Crippen LogP contribution in [0.1, 0.15) is 328 Å². The molecule has 67 heavy (non-hydrogen) atoms. The first-order valence-electron chi connectivity index (χ1n) is 30.1. The molecule has 0 aliphatic carbocycles. The van der Waals surface area contributed by atoms with E-state index in [0.29, 0.717) is 19.4 Å². The smallest absolute Gasteiger partial charge is 0.305 e. The number of amides is 1. The minimum Gasteiger partial charge on any atom is -0.466 e. The van der Waals surface area contributed by atoms with Gasteiger partial charge in [-0.3, -0.25) is 9.59 Å². The number of hydrogen-bond acceptors (Lipinski definition) is 5. The standard InChI is InChI=1S/C61H117NO5/c1-3-5-7-9-11-13-15-17-19-20-21-22-23-24-26-29-33-37-41-45-49-53-59(64)58(57-63)62-60(65)54-50-46-42-38-34-30-27-28-32-36-40-44-48-52-56-67-61(66)55-51-47-43-39-35-31-25-18-16-14-12-10-8-6-4-2/h18,25,49,53,58-59,63-64H,3-17,19-24,26-48,50-52,54-57H2,1-2H3,(H,62,65)/b25-18-,53-49+. The lowest BCUT2D eigenvalue weighted by Crippen LogP contribution is -2.45. The lowest BCUT2D eigenvalue weighted by Gasteiger charge is -2.20. The Kier molecular flexibility index (Phi) is 55.5. The summed E-state index contributed by atoms with van der Waals surface area (Å²) in [6.07, 6.45) is 69.1. The summed E-state index contributed by atoms with van der Waals surface area (Å²) in [5, 5.41) is 23.2. The van der Waals surface area contributed by atoms with E-state index >= 15 is 0 Å². The molecule has 0 radical (unpaired) electrons. The summed E-state index contributed by atoms with van der Waals surface area (Å²) >= 11 is 0. The summed E-state index contributed by atoms with van der Waals surface area (Å²) in [6.45, 7) is 4.89. The van der Waals surface area contributed by atoms with Crippen LogP contribution in [0.2, 0.25) is 0 Å². The van der Waals surface area contributed by atoms with Crippen molar-refractivity contribution in [3.05, 3.63) is 24.3 Å². The lowest BCUT2D eigenvalue weighted by atomic mass is 10.0. The van der Waals surface area contributed by atoms with Gasteiger partial charge in [-0.2, -0.15) is 0 Å². The van der Waals surface area contributed by atoms with E-state index in [1.165, 1.54) is 244 Å². The highest BCUT2D eigenvalue weighted by atomic mass is 16.5. The third-order valence-electron chi connectivity index (χ3n) is 14.0. The van der Waals surface area contributed by atoms with E-state index in [1.807, 2.05) is 6.08 Å². The van der Waals surface area contributed by atoms with E-state index in [-0.39, 0.29) is 18.5 Å². The Balaban J connectivity index is 3.47. The van der Waals surface area contributed by atoms with Gasteiger partial charge in [0, 0.05) is 12.8 Å². The lowest BCUT2D eigenvalue weighted by molar-refractivity contribution is -0.143. The van der Waals surface area contributed by atoms with Crippen LogP contribution >= 0.6 is 0 Å². The Hall–Kier alpha value is -1.66. The molecule has 6 nitrogen and oxygen atoms in total. The summed E-state index contributed by atoms with van der Waals surface area (Å²) in [4.78, 5) is 24.5. The van der Waals surface area contributed by atoms with Crippen molar-refractivity contribution in [2.24, 2.45) is 0 Å². The van der Waals surface area contributed by atoms with E-state index in [2.05, 4.69) is 31.3 Å². The number of carbonyl (C=O) groups excluding carboxylic acids is 2. The Bertz CT molecular complexity index is 1040. The summed E-state index contributed by atoms with van der Waals surface area (Å²) in [6, 6.07) is -0.637. The van der Waals surface area contributed by atoms with Gasteiger partial charge >= 0.3 is 5.97 Å². The maximum absolute atomic E-state index is 12.5. The van der Waals surface area contributed by atoms with Crippen molar-refractivity contribution in [1.29, 1.82) is 0 Å². The average molecular weight is 945 g/mol. The molecular weight excluding hydrogens is 827 g/mol. The minimum absolute atomic E-state index is 0.0107. The van der Waals surface area contributed by atoms with Gasteiger partial charge in [0.2, 0.25) is 5.91 Å². The molecule has 2 atom stereocenters. The largest absolute Gasteiger partial charge is 0.466 e. The number of hydrogen-bond donors (Lipinski definition) is 3. The van der Waals surface area contributed by atoms with Crippen molar-refractivity contribution in [1.82, 2.24) is 5.32 Å². The van der Waals surface area contributed by atoms with Crippen molar-refractivity contribution in [2.45, 2.75) is 341 Å². The Labute approximate surface area is 418 Å². The Morgan fingerprint density at radius 3 is 1.06 bits per heavy atom. The van der Waals surface area contributed by atoms with Crippen LogP contribution in [0.5, 0.6) is 0 Å². The fourth-order valence-corrected chi connectivity index (χ4v) is 9.34. The second-order valence-corrected chi connectivity index (χ2v) is 20.7. The third kappa shape index (κ3) is 53.5. The first-order chi connectivity index (χ1) is 33.0. The molecule has 3 N–H and O–H groups in total. The number of rotatable bonds is 56. The predicted molar refractivity (Wildman–Crippen MR) is 292 cm³/mol. The van der Waals surface area contributed by atoms with E-state index in [4.69, 9.17) is 4.74 Å². The third-order valence-corrected chi connectivity index (χ3v) is 14.0. The zero-order valence-electron chi connectivity index (χ0n) is 45.1. The summed E-state index contributed by atoms with van der Waals surface area (Å²) in [5.41, 5.74) is 0. The first-order valence-corrected chi connectivity index (χ1v) is 30.1. The molecule has 1 amide bonds. The van der Waals surface area contributed by atoms with Gasteiger partial charge in [0.15, 0.2) is 0 Å². The van der Waals surface area contributed by atoms with Crippen molar-refractivity contribution < 1.29 is 24.5 Å². The van der Waals surface area contributed by atoms with Gasteiger partial charge < -0.3 is 20.3 Å². The molecule has 0 aromatic rings. The average Bonchev–Trinajstić information content (AvgIpc) is 3.33. The van der Waals surface area contributed by atoms with E-state index in [1.54, 1.807) is 6.08 Å².